The number of hydrogen-bond donors (Lipinski definition) is 1. The predicted molar refractivity (Wildman–Crippen MR) is 107 cm³/mol. The van der Waals surface area contributed by atoms with Gasteiger partial charge < -0.3 is 15.1 Å². The Morgan fingerprint density at radius 3 is 2.78 bits per heavy atom. The molecule has 8 heteroatoms. The molecule has 1 N–H and O–H groups in total. The fourth-order valence-corrected chi connectivity index (χ4v) is 3.79. The van der Waals surface area contributed by atoms with Gasteiger partial charge in [0.05, 0.1) is 16.8 Å². The lowest BCUT2D eigenvalue weighted by Gasteiger charge is -2.19. The second-order valence-electron chi connectivity index (χ2n) is 7.24. The SMILES string of the molecule is CC(C)NC(=O)c1cnc(N(C)C)nc1C1CCN(C(=O)c2ccsc2)C1. The number of carbonyl (C=O) groups excluding carboxylic acids is 2. The highest BCUT2D eigenvalue weighted by Gasteiger charge is 2.32. The van der Waals surface area contributed by atoms with E-state index in [4.69, 9.17) is 0 Å². The lowest BCUT2D eigenvalue weighted by Crippen LogP contribution is -2.32. The average Bonchev–Trinajstić information content (AvgIpc) is 3.32. The van der Waals surface area contributed by atoms with Crippen molar-refractivity contribution in [3.63, 3.8) is 0 Å². The molecule has 2 amide bonds. The van der Waals surface area contributed by atoms with Gasteiger partial charge in [-0.1, -0.05) is 0 Å². The monoisotopic (exact) mass is 387 g/mol. The second kappa shape index (κ2) is 8.04. The summed E-state index contributed by atoms with van der Waals surface area (Å²) in [7, 11) is 3.74. The molecule has 1 aliphatic heterocycles. The largest absolute Gasteiger partial charge is 0.350 e. The molecule has 0 bridgehead atoms. The summed E-state index contributed by atoms with van der Waals surface area (Å²) in [6, 6.07) is 1.87. The zero-order chi connectivity index (χ0) is 19.6. The molecule has 1 aliphatic rings. The van der Waals surface area contributed by atoms with E-state index in [1.54, 1.807) is 6.20 Å². The molecule has 2 aromatic heterocycles. The van der Waals surface area contributed by atoms with Crippen LogP contribution in [0.4, 0.5) is 5.95 Å². The molecule has 3 heterocycles. The van der Waals surface area contributed by atoms with Crippen molar-refractivity contribution in [2.75, 3.05) is 32.1 Å². The number of nitrogens with zero attached hydrogens (tertiary/aromatic N) is 4. The van der Waals surface area contributed by atoms with Crippen LogP contribution in [-0.2, 0) is 0 Å². The summed E-state index contributed by atoms with van der Waals surface area (Å²) >= 11 is 1.51. The molecule has 1 unspecified atom stereocenters. The van der Waals surface area contributed by atoms with Crippen LogP contribution in [0, 0.1) is 0 Å². The average molecular weight is 388 g/mol. The van der Waals surface area contributed by atoms with Crippen LogP contribution in [0.15, 0.2) is 23.0 Å². The number of nitrogens with one attached hydrogen (secondary N) is 1. The zero-order valence-corrected chi connectivity index (χ0v) is 16.9. The highest BCUT2D eigenvalue weighted by atomic mass is 32.1. The zero-order valence-electron chi connectivity index (χ0n) is 16.1. The number of hydrogen-bond acceptors (Lipinski definition) is 6. The summed E-state index contributed by atoms with van der Waals surface area (Å²) in [5.41, 5.74) is 1.92. The molecule has 0 aromatic carbocycles. The maximum atomic E-state index is 12.6. The van der Waals surface area contributed by atoms with Crippen LogP contribution in [0.5, 0.6) is 0 Å². The Morgan fingerprint density at radius 1 is 1.37 bits per heavy atom. The van der Waals surface area contributed by atoms with Crippen molar-refractivity contribution < 1.29 is 9.59 Å². The van der Waals surface area contributed by atoms with Crippen molar-refractivity contribution in [1.82, 2.24) is 20.2 Å². The van der Waals surface area contributed by atoms with Crippen LogP contribution in [0.25, 0.3) is 0 Å². The van der Waals surface area contributed by atoms with Crippen LogP contribution in [0.2, 0.25) is 0 Å². The van der Waals surface area contributed by atoms with Gasteiger partial charge in [-0.05, 0) is 31.7 Å². The Bertz CT molecular complexity index is 820. The highest BCUT2D eigenvalue weighted by molar-refractivity contribution is 7.08. The van der Waals surface area contributed by atoms with Gasteiger partial charge in [-0.25, -0.2) is 9.97 Å². The van der Waals surface area contributed by atoms with Crippen molar-refractivity contribution in [2.45, 2.75) is 32.2 Å². The van der Waals surface area contributed by atoms with Gasteiger partial charge in [-0.15, -0.1) is 0 Å². The Labute approximate surface area is 163 Å². The number of carbonyl (C=O) groups is 2. The summed E-state index contributed by atoms with van der Waals surface area (Å²) in [6.07, 6.45) is 2.38. The quantitative estimate of drug-likeness (QED) is 0.852. The minimum absolute atomic E-state index is 0.0159. The molecule has 3 rings (SSSR count). The Balaban J connectivity index is 1.87. The second-order valence-corrected chi connectivity index (χ2v) is 8.02. The molecule has 144 valence electrons. The summed E-state index contributed by atoms with van der Waals surface area (Å²) in [4.78, 5) is 37.9. The smallest absolute Gasteiger partial charge is 0.254 e. The fourth-order valence-electron chi connectivity index (χ4n) is 3.16. The molecule has 1 atom stereocenters. The molecule has 1 saturated heterocycles. The van der Waals surface area contributed by atoms with E-state index in [-0.39, 0.29) is 23.8 Å². The van der Waals surface area contributed by atoms with E-state index >= 15 is 0 Å². The third-order valence-electron chi connectivity index (χ3n) is 4.50. The molecule has 0 aliphatic carbocycles. The minimum Gasteiger partial charge on any atom is -0.350 e. The summed E-state index contributed by atoms with van der Waals surface area (Å²) in [5, 5.41) is 6.69. The standard InChI is InChI=1S/C19H25N5O2S/c1-12(2)21-17(25)15-9-20-19(23(3)4)22-16(15)13-5-7-24(10-13)18(26)14-6-8-27-11-14/h6,8-9,11-13H,5,7,10H2,1-4H3,(H,21,25). The van der Waals surface area contributed by atoms with Gasteiger partial charge in [0.15, 0.2) is 0 Å². The van der Waals surface area contributed by atoms with E-state index in [2.05, 4.69) is 15.3 Å². The van der Waals surface area contributed by atoms with Crippen molar-refractivity contribution in [3.05, 3.63) is 39.8 Å². The number of aromatic nitrogens is 2. The Kier molecular flexibility index (Phi) is 5.74. The van der Waals surface area contributed by atoms with E-state index < -0.39 is 0 Å². The molecule has 1 fully saturated rings. The molecule has 0 saturated carbocycles. The molecule has 27 heavy (non-hydrogen) atoms. The van der Waals surface area contributed by atoms with Gasteiger partial charge in [0.25, 0.3) is 11.8 Å². The summed E-state index contributed by atoms with van der Waals surface area (Å²) in [6.45, 7) is 5.05. The van der Waals surface area contributed by atoms with E-state index in [1.807, 2.05) is 54.6 Å². The first kappa shape index (κ1) is 19.3. The van der Waals surface area contributed by atoms with Crippen molar-refractivity contribution in [1.29, 1.82) is 0 Å². The van der Waals surface area contributed by atoms with Crippen molar-refractivity contribution in [2.24, 2.45) is 0 Å². The van der Waals surface area contributed by atoms with Gasteiger partial charge in [0.2, 0.25) is 5.95 Å². The maximum absolute atomic E-state index is 12.6. The first-order chi connectivity index (χ1) is 12.9. The molecule has 2 aromatic rings. The number of anilines is 1. The van der Waals surface area contributed by atoms with Crippen LogP contribution in [-0.4, -0.2) is 59.9 Å². The van der Waals surface area contributed by atoms with E-state index in [9.17, 15) is 9.59 Å². The molecular weight excluding hydrogens is 362 g/mol. The number of rotatable bonds is 5. The predicted octanol–water partition coefficient (Wildman–Crippen LogP) is 2.37. The van der Waals surface area contributed by atoms with Crippen LogP contribution in [0.3, 0.4) is 0 Å². The minimum atomic E-state index is -0.173. The first-order valence-corrected chi connectivity index (χ1v) is 9.97. The van der Waals surface area contributed by atoms with Crippen LogP contribution >= 0.6 is 11.3 Å². The fraction of sp³-hybridized carbons (Fsp3) is 0.474. The van der Waals surface area contributed by atoms with Crippen molar-refractivity contribution in [3.8, 4) is 0 Å². The maximum Gasteiger partial charge on any atom is 0.254 e. The third kappa shape index (κ3) is 4.27. The van der Waals surface area contributed by atoms with Crippen LogP contribution < -0.4 is 10.2 Å². The lowest BCUT2D eigenvalue weighted by atomic mass is 9.99. The lowest BCUT2D eigenvalue weighted by molar-refractivity contribution is 0.0791. The molecule has 0 radical (unpaired) electrons. The van der Waals surface area contributed by atoms with Gasteiger partial charge in [-0.3, -0.25) is 9.59 Å². The first-order valence-electron chi connectivity index (χ1n) is 9.03. The van der Waals surface area contributed by atoms with Gasteiger partial charge in [0.1, 0.15) is 0 Å². The Morgan fingerprint density at radius 2 is 2.15 bits per heavy atom. The van der Waals surface area contributed by atoms with E-state index in [1.165, 1.54) is 11.3 Å². The van der Waals surface area contributed by atoms with Gasteiger partial charge in [0, 0.05) is 50.7 Å². The highest BCUT2D eigenvalue weighted by Crippen LogP contribution is 2.30. The van der Waals surface area contributed by atoms with Crippen molar-refractivity contribution >= 4 is 29.1 Å². The summed E-state index contributed by atoms with van der Waals surface area (Å²) < 4.78 is 0. The third-order valence-corrected chi connectivity index (χ3v) is 5.18. The number of likely N-dealkylation sites (tertiary alicyclic amines) is 1. The number of thiophene rings is 1. The number of amides is 2. The van der Waals surface area contributed by atoms with Crippen LogP contribution in [0.1, 0.15) is 52.6 Å². The van der Waals surface area contributed by atoms with E-state index in [0.717, 1.165) is 12.0 Å². The normalized spacial score (nSPS) is 16.6. The molecular formula is C19H25N5O2S. The summed E-state index contributed by atoms with van der Waals surface area (Å²) in [5.74, 6) is 0.442. The topological polar surface area (TPSA) is 78.4 Å². The molecule has 0 spiro atoms. The van der Waals surface area contributed by atoms with E-state index in [0.29, 0.717) is 30.3 Å². The Hall–Kier alpha value is -2.48. The van der Waals surface area contributed by atoms with Gasteiger partial charge >= 0.3 is 0 Å². The van der Waals surface area contributed by atoms with Gasteiger partial charge in [-0.2, -0.15) is 11.3 Å². The molecule has 7 nitrogen and oxygen atoms in total.